The van der Waals surface area contributed by atoms with Gasteiger partial charge in [0.2, 0.25) is 0 Å². The molecule has 1 nitrogen and oxygen atoms in total. The molecule has 0 aromatic heterocycles. The van der Waals surface area contributed by atoms with Gasteiger partial charge in [0.1, 0.15) is 0 Å². The first-order valence-electron chi connectivity index (χ1n) is 4.11. The Bertz CT molecular complexity index is 147. The quantitative estimate of drug-likeness (QED) is 0.701. The van der Waals surface area contributed by atoms with Crippen molar-refractivity contribution in [2.24, 2.45) is 5.41 Å². The van der Waals surface area contributed by atoms with E-state index in [1.807, 2.05) is 0 Å². The maximum atomic E-state index is 5.68. The van der Waals surface area contributed by atoms with Crippen molar-refractivity contribution in [2.75, 3.05) is 13.1 Å². The molecule has 72 valence electrons. The molecule has 0 atom stereocenters. The van der Waals surface area contributed by atoms with E-state index in [9.17, 15) is 0 Å². The highest BCUT2D eigenvalue weighted by molar-refractivity contribution is 6.36. The van der Waals surface area contributed by atoms with Gasteiger partial charge in [-0.1, -0.05) is 44.0 Å². The van der Waals surface area contributed by atoms with E-state index in [1.54, 1.807) is 0 Å². The first-order chi connectivity index (χ1) is 5.45. The van der Waals surface area contributed by atoms with E-state index in [2.05, 4.69) is 26.1 Å². The third kappa shape index (κ3) is 8.38. The van der Waals surface area contributed by atoms with Gasteiger partial charge in [0.05, 0.1) is 0 Å². The summed E-state index contributed by atoms with van der Waals surface area (Å²) >= 11 is 11.1. The lowest BCUT2D eigenvalue weighted by Gasteiger charge is -2.17. The second-order valence-corrected chi connectivity index (χ2v) is 4.75. The van der Waals surface area contributed by atoms with Crippen LogP contribution >= 0.6 is 23.2 Å². The summed E-state index contributed by atoms with van der Waals surface area (Å²) in [6, 6.07) is 0. The van der Waals surface area contributed by atoms with Crippen LogP contribution in [0.1, 0.15) is 27.2 Å². The molecule has 0 radical (unpaired) electrons. The summed E-state index contributed by atoms with van der Waals surface area (Å²) < 4.78 is 0. The van der Waals surface area contributed by atoms with E-state index in [4.69, 9.17) is 23.2 Å². The molecule has 0 spiro atoms. The Balaban J connectivity index is 3.34. The van der Waals surface area contributed by atoms with Crippen molar-refractivity contribution in [3.8, 4) is 0 Å². The van der Waals surface area contributed by atoms with Crippen LogP contribution in [0.4, 0.5) is 0 Å². The maximum Gasteiger partial charge on any atom is 0.0431 e. The highest BCUT2D eigenvalue weighted by Crippen LogP contribution is 2.16. The largest absolute Gasteiger partial charge is 0.312 e. The third-order valence-corrected chi connectivity index (χ3v) is 2.08. The summed E-state index contributed by atoms with van der Waals surface area (Å²) in [6.07, 6.45) is 1.14. The van der Waals surface area contributed by atoms with Crippen LogP contribution in [0.15, 0.2) is 10.6 Å². The van der Waals surface area contributed by atoms with Crippen molar-refractivity contribution < 1.29 is 0 Å². The molecule has 0 aromatic rings. The first-order valence-corrected chi connectivity index (χ1v) is 4.92. The van der Waals surface area contributed by atoms with Gasteiger partial charge in [0.25, 0.3) is 0 Å². The van der Waals surface area contributed by atoms with Crippen LogP contribution in [0.25, 0.3) is 0 Å². The van der Waals surface area contributed by atoms with Gasteiger partial charge in [-0.05, 0) is 18.4 Å². The minimum absolute atomic E-state index is 0.379. The number of rotatable bonds is 4. The van der Waals surface area contributed by atoms with Crippen LogP contribution in [0.3, 0.4) is 0 Å². The normalized spacial score (nSPS) is 13.6. The fourth-order valence-electron chi connectivity index (χ4n) is 0.710. The average molecular weight is 210 g/mol. The molecule has 0 saturated heterocycles. The average Bonchev–Trinajstić information content (AvgIpc) is 1.96. The van der Waals surface area contributed by atoms with Gasteiger partial charge in [-0.15, -0.1) is 0 Å². The van der Waals surface area contributed by atoms with Gasteiger partial charge < -0.3 is 5.32 Å². The summed E-state index contributed by atoms with van der Waals surface area (Å²) in [6.45, 7) is 8.29. The van der Waals surface area contributed by atoms with Crippen molar-refractivity contribution in [1.29, 1.82) is 0 Å². The molecule has 0 aliphatic rings. The molecule has 0 aliphatic heterocycles. The van der Waals surface area contributed by atoms with Gasteiger partial charge in [-0.3, -0.25) is 0 Å². The Morgan fingerprint density at radius 2 is 2.00 bits per heavy atom. The van der Waals surface area contributed by atoms with Crippen molar-refractivity contribution in [3.05, 3.63) is 10.6 Å². The predicted octanol–water partition coefficient (Wildman–Crippen LogP) is 3.33. The minimum Gasteiger partial charge on any atom is -0.312 e. The van der Waals surface area contributed by atoms with Crippen LogP contribution in [-0.2, 0) is 0 Å². The van der Waals surface area contributed by atoms with Crippen molar-refractivity contribution in [3.63, 3.8) is 0 Å². The second kappa shape index (κ2) is 5.85. The monoisotopic (exact) mass is 209 g/mol. The molecule has 12 heavy (non-hydrogen) atoms. The highest BCUT2D eigenvalue weighted by atomic mass is 35.5. The summed E-state index contributed by atoms with van der Waals surface area (Å²) in [4.78, 5) is 0. The van der Waals surface area contributed by atoms with Crippen LogP contribution in [0, 0.1) is 5.41 Å². The summed E-state index contributed by atoms with van der Waals surface area (Å²) in [5.41, 5.74) is 1.77. The Hall–Kier alpha value is 0.280. The third-order valence-electron chi connectivity index (χ3n) is 1.46. The molecule has 0 aliphatic carbocycles. The number of hydrogen-bond donors (Lipinski definition) is 1. The second-order valence-electron chi connectivity index (χ2n) is 4.04. The van der Waals surface area contributed by atoms with Gasteiger partial charge in [-0.25, -0.2) is 0 Å². The van der Waals surface area contributed by atoms with Crippen LogP contribution in [0.2, 0.25) is 0 Å². The zero-order chi connectivity index (χ0) is 9.61. The van der Waals surface area contributed by atoms with Crippen LogP contribution in [0.5, 0.6) is 0 Å². The van der Waals surface area contributed by atoms with Crippen LogP contribution < -0.4 is 5.32 Å². The maximum absolute atomic E-state index is 5.68. The van der Waals surface area contributed by atoms with E-state index >= 15 is 0 Å². The van der Waals surface area contributed by atoms with Gasteiger partial charge in [0.15, 0.2) is 0 Å². The lowest BCUT2D eigenvalue weighted by atomic mass is 9.92. The summed E-state index contributed by atoms with van der Waals surface area (Å²) in [5.74, 6) is 0. The predicted molar refractivity (Wildman–Crippen MR) is 56.7 cm³/mol. The lowest BCUT2D eigenvalue weighted by molar-refractivity contribution is 0.370. The molecule has 0 unspecified atom stereocenters. The molecule has 0 fully saturated rings. The molecule has 0 saturated carbocycles. The van der Waals surface area contributed by atoms with E-state index in [0.29, 0.717) is 17.0 Å². The van der Waals surface area contributed by atoms with Crippen molar-refractivity contribution in [1.82, 2.24) is 5.32 Å². The number of nitrogens with one attached hydrogen (secondary N) is 1. The van der Waals surface area contributed by atoms with Gasteiger partial charge in [0, 0.05) is 17.1 Å². The molecular formula is C9H17Cl2N. The van der Waals surface area contributed by atoms with E-state index in [0.717, 1.165) is 13.0 Å². The molecular weight excluding hydrogens is 193 g/mol. The summed E-state index contributed by atoms with van der Waals surface area (Å²) in [5, 5.41) is 3.87. The molecule has 1 N–H and O–H groups in total. The topological polar surface area (TPSA) is 12.0 Å². The lowest BCUT2D eigenvalue weighted by Crippen LogP contribution is -2.21. The zero-order valence-electron chi connectivity index (χ0n) is 7.95. The van der Waals surface area contributed by atoms with Gasteiger partial charge >= 0.3 is 0 Å². The van der Waals surface area contributed by atoms with E-state index in [1.165, 1.54) is 5.54 Å². The molecule has 3 heteroatoms. The Morgan fingerprint density at radius 3 is 2.42 bits per heavy atom. The fraction of sp³-hybridized carbons (Fsp3) is 0.778. The van der Waals surface area contributed by atoms with E-state index < -0.39 is 0 Å². The highest BCUT2D eigenvalue weighted by Gasteiger charge is 2.08. The number of hydrogen-bond acceptors (Lipinski definition) is 1. The smallest absolute Gasteiger partial charge is 0.0431 e. The Labute approximate surface area is 85.1 Å². The van der Waals surface area contributed by atoms with Gasteiger partial charge in [-0.2, -0.15) is 0 Å². The molecule has 0 rings (SSSR count). The summed E-state index contributed by atoms with van der Waals surface area (Å²) in [7, 11) is 0. The van der Waals surface area contributed by atoms with Crippen LogP contribution in [-0.4, -0.2) is 13.1 Å². The molecule has 0 heterocycles. The first kappa shape index (κ1) is 12.3. The zero-order valence-corrected chi connectivity index (χ0v) is 9.47. The Kier molecular flexibility index (Phi) is 5.98. The van der Waals surface area contributed by atoms with Crippen molar-refractivity contribution >= 4 is 23.2 Å². The Morgan fingerprint density at radius 1 is 1.42 bits per heavy atom. The van der Waals surface area contributed by atoms with Crippen molar-refractivity contribution in [2.45, 2.75) is 27.2 Å². The fourth-order valence-corrected chi connectivity index (χ4v) is 0.881. The SMILES string of the molecule is CC(C)(C)CCNCC(Cl)=CCl. The molecule has 0 aromatic carbocycles. The molecule has 0 amide bonds. The van der Waals surface area contributed by atoms with E-state index in [-0.39, 0.29) is 0 Å². The minimum atomic E-state index is 0.379. The molecule has 0 bridgehead atoms. The standard InChI is InChI=1S/C9H17Cl2N/c1-9(2,3)4-5-12-7-8(11)6-10/h6,12H,4-5,7H2,1-3H3. The number of halogens is 2.